The normalized spacial score (nSPS) is 13.5. The van der Waals surface area contributed by atoms with E-state index in [9.17, 15) is 0 Å². The lowest BCUT2D eigenvalue weighted by Gasteiger charge is -2.01. The van der Waals surface area contributed by atoms with Crippen LogP contribution in [0.2, 0.25) is 4.34 Å². The molecule has 0 bridgehead atoms. The van der Waals surface area contributed by atoms with E-state index in [0.717, 1.165) is 11.5 Å². The van der Waals surface area contributed by atoms with Gasteiger partial charge in [0.05, 0.1) is 0 Å². The molecule has 1 heterocycles. The van der Waals surface area contributed by atoms with Crippen molar-refractivity contribution < 1.29 is 5.11 Å². The van der Waals surface area contributed by atoms with Crippen LogP contribution in [0.15, 0.2) is 0 Å². The van der Waals surface area contributed by atoms with Gasteiger partial charge >= 0.3 is 0 Å². The number of halogens is 1. The number of nitrogens with two attached hydrogens (primary N) is 1. The minimum Gasteiger partial charge on any atom is -0.385 e. The van der Waals surface area contributed by atoms with Crippen LogP contribution in [0.25, 0.3) is 0 Å². The van der Waals surface area contributed by atoms with E-state index in [2.05, 4.69) is 9.59 Å². The molecule has 0 fully saturated rings. The summed E-state index contributed by atoms with van der Waals surface area (Å²) in [7, 11) is 0. The van der Waals surface area contributed by atoms with Gasteiger partial charge in [-0.05, 0) is 0 Å². The van der Waals surface area contributed by atoms with E-state index in [1.807, 2.05) is 0 Å². The molecule has 10 heavy (non-hydrogen) atoms. The molecule has 1 aromatic heterocycles. The average Bonchev–Trinajstić information content (AvgIpc) is 2.34. The Morgan fingerprint density at radius 2 is 2.50 bits per heavy atom. The van der Waals surface area contributed by atoms with Crippen LogP contribution in [-0.4, -0.2) is 21.2 Å². The van der Waals surface area contributed by atoms with Crippen LogP contribution in [0.4, 0.5) is 0 Å². The van der Waals surface area contributed by atoms with Gasteiger partial charge in [-0.2, -0.15) is 0 Å². The van der Waals surface area contributed by atoms with Crippen molar-refractivity contribution in [2.75, 3.05) is 6.54 Å². The van der Waals surface area contributed by atoms with Crippen LogP contribution < -0.4 is 5.73 Å². The minimum absolute atomic E-state index is 0.116. The second kappa shape index (κ2) is 3.25. The molecule has 0 radical (unpaired) electrons. The average molecular weight is 180 g/mol. The minimum atomic E-state index is -0.786. The maximum Gasteiger partial charge on any atom is 0.140 e. The number of aromatic nitrogens is 2. The van der Waals surface area contributed by atoms with Crippen molar-refractivity contribution in [3.8, 4) is 0 Å². The molecule has 56 valence electrons. The van der Waals surface area contributed by atoms with Crippen LogP contribution >= 0.6 is 23.1 Å². The van der Waals surface area contributed by atoms with E-state index in [1.165, 1.54) is 0 Å². The SMILES string of the molecule is NCC(O)c1nnsc1Cl. The molecule has 0 saturated carbocycles. The van der Waals surface area contributed by atoms with Gasteiger partial charge in [0.1, 0.15) is 16.1 Å². The summed E-state index contributed by atoms with van der Waals surface area (Å²) in [4.78, 5) is 0. The number of aliphatic hydroxyl groups is 1. The molecule has 0 amide bonds. The highest BCUT2D eigenvalue weighted by molar-refractivity contribution is 7.10. The molecular weight excluding hydrogens is 174 g/mol. The number of rotatable bonds is 2. The lowest BCUT2D eigenvalue weighted by Crippen LogP contribution is -2.12. The second-order valence-corrected chi connectivity index (χ2v) is 3.04. The molecule has 1 unspecified atom stereocenters. The predicted molar refractivity (Wildman–Crippen MR) is 38.9 cm³/mol. The Balaban J connectivity index is 2.82. The van der Waals surface area contributed by atoms with Crippen molar-refractivity contribution >= 4 is 23.1 Å². The zero-order valence-electron chi connectivity index (χ0n) is 4.99. The van der Waals surface area contributed by atoms with Gasteiger partial charge in [0, 0.05) is 18.1 Å². The smallest absolute Gasteiger partial charge is 0.140 e. The summed E-state index contributed by atoms with van der Waals surface area (Å²) < 4.78 is 3.94. The highest BCUT2D eigenvalue weighted by Crippen LogP contribution is 2.22. The van der Waals surface area contributed by atoms with Crippen LogP contribution in [0.5, 0.6) is 0 Å². The summed E-state index contributed by atoms with van der Waals surface area (Å²) in [5.41, 5.74) is 5.53. The van der Waals surface area contributed by atoms with Gasteiger partial charge in [0.15, 0.2) is 0 Å². The second-order valence-electron chi connectivity index (χ2n) is 1.68. The van der Waals surface area contributed by atoms with E-state index in [-0.39, 0.29) is 6.54 Å². The Bertz CT molecular complexity index is 216. The molecule has 3 N–H and O–H groups in total. The number of aliphatic hydroxyl groups excluding tert-OH is 1. The molecule has 1 atom stereocenters. The summed E-state index contributed by atoms with van der Waals surface area (Å²) in [6.07, 6.45) is -0.786. The third-order valence-corrected chi connectivity index (χ3v) is 1.94. The Morgan fingerprint density at radius 3 is 2.90 bits per heavy atom. The summed E-state index contributed by atoms with van der Waals surface area (Å²) >= 11 is 6.63. The number of hydrogen-bond donors (Lipinski definition) is 2. The predicted octanol–water partition coefficient (Wildman–Crippen LogP) is 0.184. The molecule has 0 aliphatic rings. The van der Waals surface area contributed by atoms with Crippen LogP contribution in [-0.2, 0) is 0 Å². The van der Waals surface area contributed by atoms with Gasteiger partial charge in [-0.25, -0.2) is 0 Å². The lowest BCUT2D eigenvalue weighted by molar-refractivity contribution is 0.182. The fraction of sp³-hybridized carbons (Fsp3) is 0.500. The standard InChI is InChI=1S/C4H6ClN3OS/c5-4-3(2(9)1-6)7-8-10-4/h2,9H,1,6H2. The molecular formula is C4H6ClN3OS. The van der Waals surface area contributed by atoms with E-state index < -0.39 is 6.10 Å². The van der Waals surface area contributed by atoms with Gasteiger partial charge in [-0.15, -0.1) is 5.10 Å². The molecule has 0 spiro atoms. The molecule has 4 nitrogen and oxygen atoms in total. The van der Waals surface area contributed by atoms with Gasteiger partial charge in [0.25, 0.3) is 0 Å². The third kappa shape index (κ3) is 1.43. The molecule has 0 aliphatic heterocycles. The Morgan fingerprint density at radius 1 is 1.80 bits per heavy atom. The quantitative estimate of drug-likeness (QED) is 0.680. The molecule has 1 rings (SSSR count). The first kappa shape index (κ1) is 7.87. The van der Waals surface area contributed by atoms with E-state index in [1.54, 1.807) is 0 Å². The number of hydrogen-bond acceptors (Lipinski definition) is 5. The molecule has 1 aromatic rings. The summed E-state index contributed by atoms with van der Waals surface area (Å²) in [6, 6.07) is 0. The Kier molecular flexibility index (Phi) is 2.56. The first-order valence-electron chi connectivity index (χ1n) is 2.61. The van der Waals surface area contributed by atoms with Crippen molar-refractivity contribution in [1.82, 2.24) is 9.59 Å². The van der Waals surface area contributed by atoms with E-state index in [4.69, 9.17) is 22.4 Å². The number of nitrogens with zero attached hydrogens (tertiary/aromatic N) is 2. The largest absolute Gasteiger partial charge is 0.385 e. The van der Waals surface area contributed by atoms with Crippen molar-refractivity contribution in [2.45, 2.75) is 6.10 Å². The highest BCUT2D eigenvalue weighted by Gasteiger charge is 2.13. The molecule has 0 aromatic carbocycles. The van der Waals surface area contributed by atoms with Crippen LogP contribution in [0.3, 0.4) is 0 Å². The zero-order chi connectivity index (χ0) is 7.56. The van der Waals surface area contributed by atoms with E-state index >= 15 is 0 Å². The maximum absolute atomic E-state index is 9.09. The fourth-order valence-electron chi connectivity index (χ4n) is 0.496. The first-order chi connectivity index (χ1) is 4.75. The van der Waals surface area contributed by atoms with Crippen molar-refractivity contribution in [3.63, 3.8) is 0 Å². The summed E-state index contributed by atoms with van der Waals surface area (Å²) in [6.45, 7) is 0.116. The first-order valence-corrected chi connectivity index (χ1v) is 3.76. The van der Waals surface area contributed by atoms with Crippen molar-refractivity contribution in [1.29, 1.82) is 0 Å². The van der Waals surface area contributed by atoms with Crippen molar-refractivity contribution in [2.24, 2.45) is 5.73 Å². The van der Waals surface area contributed by atoms with Crippen LogP contribution in [0.1, 0.15) is 11.8 Å². The monoisotopic (exact) mass is 179 g/mol. The van der Waals surface area contributed by atoms with Gasteiger partial charge in [0.2, 0.25) is 0 Å². The summed E-state index contributed by atoms with van der Waals surface area (Å²) in [5.74, 6) is 0. The van der Waals surface area contributed by atoms with Gasteiger partial charge < -0.3 is 10.8 Å². The summed E-state index contributed by atoms with van der Waals surface area (Å²) in [5, 5.41) is 12.7. The maximum atomic E-state index is 9.09. The fourth-order valence-corrected chi connectivity index (χ4v) is 1.22. The molecule has 0 aliphatic carbocycles. The topological polar surface area (TPSA) is 72.0 Å². The lowest BCUT2D eigenvalue weighted by atomic mass is 10.3. The van der Waals surface area contributed by atoms with Gasteiger partial charge in [-0.3, -0.25) is 0 Å². The molecule has 0 saturated heterocycles. The Labute approximate surface area is 66.8 Å². The zero-order valence-corrected chi connectivity index (χ0v) is 6.56. The van der Waals surface area contributed by atoms with Crippen molar-refractivity contribution in [3.05, 3.63) is 10.0 Å². The molecule has 6 heteroatoms. The van der Waals surface area contributed by atoms with Gasteiger partial charge in [-0.1, -0.05) is 16.1 Å². The van der Waals surface area contributed by atoms with E-state index in [0.29, 0.717) is 10.0 Å². The third-order valence-electron chi connectivity index (χ3n) is 1.01. The Hall–Kier alpha value is -0.230. The highest BCUT2D eigenvalue weighted by atomic mass is 35.5. The van der Waals surface area contributed by atoms with Crippen LogP contribution in [0, 0.1) is 0 Å².